The number of phenols is 1. The van der Waals surface area contributed by atoms with Crippen molar-refractivity contribution in [1.82, 2.24) is 4.98 Å². The summed E-state index contributed by atoms with van der Waals surface area (Å²) < 4.78 is 0. The van der Waals surface area contributed by atoms with Crippen LogP contribution in [-0.2, 0) is 15.6 Å². The lowest BCUT2D eigenvalue weighted by atomic mass is 9.84. The molecule has 7 heteroatoms. The molecule has 0 aliphatic heterocycles. The minimum absolute atomic E-state index is 0.0568. The van der Waals surface area contributed by atoms with Crippen LogP contribution >= 0.6 is 0 Å². The van der Waals surface area contributed by atoms with E-state index in [4.69, 9.17) is 0 Å². The fraction of sp³-hybridized carbons (Fsp3) is 0.292. The Morgan fingerprint density at radius 3 is 2.26 bits per heavy atom. The highest BCUT2D eigenvalue weighted by Crippen LogP contribution is 2.33. The summed E-state index contributed by atoms with van der Waals surface area (Å²) in [5.74, 6) is -1.97. The van der Waals surface area contributed by atoms with Crippen molar-refractivity contribution in [3.63, 3.8) is 0 Å². The van der Waals surface area contributed by atoms with E-state index in [-0.39, 0.29) is 33.4 Å². The monoisotopic (exact) mass is 422 g/mol. The Morgan fingerprint density at radius 2 is 1.68 bits per heavy atom. The van der Waals surface area contributed by atoms with Gasteiger partial charge in [0, 0.05) is 34.4 Å². The van der Waals surface area contributed by atoms with Crippen LogP contribution in [0.5, 0.6) is 5.75 Å². The van der Waals surface area contributed by atoms with Crippen molar-refractivity contribution in [2.45, 2.75) is 45.4 Å². The number of H-pyrrole nitrogens is 1. The van der Waals surface area contributed by atoms with Crippen LogP contribution < -0.4 is 10.7 Å². The first-order valence-electron chi connectivity index (χ1n) is 9.87. The van der Waals surface area contributed by atoms with Gasteiger partial charge in [0.05, 0.1) is 5.41 Å². The van der Waals surface area contributed by atoms with Gasteiger partial charge in [-0.05, 0) is 37.0 Å². The molecule has 3 aromatic rings. The van der Waals surface area contributed by atoms with E-state index in [9.17, 15) is 24.6 Å². The highest BCUT2D eigenvalue weighted by atomic mass is 16.4. The fourth-order valence-electron chi connectivity index (χ4n) is 3.51. The number of aromatic nitrogens is 1. The lowest BCUT2D eigenvalue weighted by Crippen LogP contribution is -2.28. The molecule has 0 radical (unpaired) electrons. The van der Waals surface area contributed by atoms with Crippen LogP contribution in [-0.4, -0.2) is 27.1 Å². The highest BCUT2D eigenvalue weighted by molar-refractivity contribution is 6.06. The van der Waals surface area contributed by atoms with E-state index in [0.717, 1.165) is 5.56 Å². The topological polar surface area (TPSA) is 119 Å². The van der Waals surface area contributed by atoms with Gasteiger partial charge in [-0.2, -0.15) is 0 Å². The molecule has 1 amide bonds. The summed E-state index contributed by atoms with van der Waals surface area (Å²) in [7, 11) is 0. The van der Waals surface area contributed by atoms with Crippen LogP contribution in [0.3, 0.4) is 0 Å². The first kappa shape index (κ1) is 22.1. The molecule has 0 aliphatic carbocycles. The van der Waals surface area contributed by atoms with Crippen molar-refractivity contribution >= 4 is 28.5 Å². The third kappa shape index (κ3) is 4.03. The zero-order valence-electron chi connectivity index (χ0n) is 18.2. The molecular weight excluding hydrogens is 396 g/mol. The number of phenolic OH excluding ortho intramolecular Hbond substituents is 1. The SMILES string of the molecule is CC(C)(C)c1cccc2[nH]cc(C(=O)Nc3ccc(C(C)(C)C(=O)O)c(O)c3)c(=O)c12. The predicted molar refractivity (Wildman–Crippen MR) is 120 cm³/mol. The van der Waals surface area contributed by atoms with Crippen molar-refractivity contribution in [3.05, 3.63) is 69.5 Å². The number of fused-ring (bicyclic) bond motifs is 1. The number of aromatic amines is 1. The molecule has 162 valence electrons. The van der Waals surface area contributed by atoms with Gasteiger partial charge < -0.3 is 20.5 Å². The summed E-state index contributed by atoms with van der Waals surface area (Å²) in [5.41, 5.74) is -0.0904. The second-order valence-electron chi connectivity index (χ2n) is 9.13. The maximum Gasteiger partial charge on any atom is 0.313 e. The standard InChI is InChI=1S/C24H26N2O5/c1-23(2,3)16-7-6-8-17-19(16)20(28)14(12-25-17)21(29)26-13-9-10-15(18(27)11-13)24(4,5)22(30)31/h6-12,27H,1-5H3,(H,25,28)(H,26,29)(H,30,31). The van der Waals surface area contributed by atoms with Crippen molar-refractivity contribution in [2.24, 2.45) is 0 Å². The molecule has 0 saturated carbocycles. The number of anilines is 1. The number of hydrogen-bond acceptors (Lipinski definition) is 4. The minimum atomic E-state index is -1.30. The molecule has 0 fully saturated rings. The molecule has 1 heterocycles. The molecular formula is C24H26N2O5. The third-order valence-corrected chi connectivity index (χ3v) is 5.42. The quantitative estimate of drug-likeness (QED) is 0.504. The second-order valence-corrected chi connectivity index (χ2v) is 9.13. The number of nitrogens with one attached hydrogen (secondary N) is 2. The van der Waals surface area contributed by atoms with Gasteiger partial charge in [-0.15, -0.1) is 0 Å². The Hall–Kier alpha value is -3.61. The Morgan fingerprint density at radius 1 is 1.00 bits per heavy atom. The smallest absolute Gasteiger partial charge is 0.313 e. The van der Waals surface area contributed by atoms with Gasteiger partial charge in [-0.25, -0.2) is 0 Å². The van der Waals surface area contributed by atoms with Gasteiger partial charge in [-0.3, -0.25) is 14.4 Å². The van der Waals surface area contributed by atoms with Crippen molar-refractivity contribution < 1.29 is 19.8 Å². The Bertz CT molecular complexity index is 1250. The van der Waals surface area contributed by atoms with Crippen molar-refractivity contribution in [1.29, 1.82) is 0 Å². The van der Waals surface area contributed by atoms with Gasteiger partial charge in [0.15, 0.2) is 0 Å². The Kier molecular flexibility index (Phi) is 5.40. The molecule has 7 nitrogen and oxygen atoms in total. The maximum atomic E-state index is 13.2. The maximum absolute atomic E-state index is 13.2. The molecule has 0 bridgehead atoms. The number of pyridine rings is 1. The average molecular weight is 422 g/mol. The van der Waals surface area contributed by atoms with Gasteiger partial charge >= 0.3 is 5.97 Å². The summed E-state index contributed by atoms with van der Waals surface area (Å²) in [5, 5.41) is 22.7. The van der Waals surface area contributed by atoms with E-state index in [2.05, 4.69) is 10.3 Å². The van der Waals surface area contributed by atoms with Crippen LogP contribution in [0.25, 0.3) is 10.9 Å². The molecule has 0 unspecified atom stereocenters. The Balaban J connectivity index is 2.00. The first-order chi connectivity index (χ1) is 14.3. The zero-order valence-corrected chi connectivity index (χ0v) is 18.2. The van der Waals surface area contributed by atoms with E-state index in [1.54, 1.807) is 6.07 Å². The van der Waals surface area contributed by atoms with Crippen LogP contribution in [0, 0.1) is 0 Å². The van der Waals surface area contributed by atoms with Gasteiger partial charge in [0.2, 0.25) is 5.43 Å². The first-order valence-corrected chi connectivity index (χ1v) is 9.87. The summed E-state index contributed by atoms with van der Waals surface area (Å²) >= 11 is 0. The van der Waals surface area contributed by atoms with E-state index in [1.807, 2.05) is 32.9 Å². The molecule has 3 rings (SSSR count). The zero-order chi connectivity index (χ0) is 23.1. The summed E-state index contributed by atoms with van der Waals surface area (Å²) in [6, 6.07) is 9.74. The molecule has 1 aromatic heterocycles. The third-order valence-electron chi connectivity index (χ3n) is 5.42. The lowest BCUT2D eigenvalue weighted by molar-refractivity contribution is -0.142. The van der Waals surface area contributed by atoms with Gasteiger partial charge in [0.1, 0.15) is 11.3 Å². The van der Waals surface area contributed by atoms with Crippen LogP contribution in [0.4, 0.5) is 5.69 Å². The van der Waals surface area contributed by atoms with Crippen molar-refractivity contribution in [3.8, 4) is 5.75 Å². The number of aromatic hydroxyl groups is 1. The van der Waals surface area contributed by atoms with E-state index < -0.39 is 17.3 Å². The lowest BCUT2D eigenvalue weighted by Gasteiger charge is -2.21. The Labute approximate surface area is 179 Å². The molecule has 0 spiro atoms. The van der Waals surface area contributed by atoms with Crippen LogP contribution in [0.1, 0.15) is 56.1 Å². The number of carboxylic acids is 1. The van der Waals surface area contributed by atoms with Gasteiger partial charge in [0.25, 0.3) is 5.91 Å². The normalized spacial score (nSPS) is 12.0. The van der Waals surface area contributed by atoms with Crippen LogP contribution in [0.15, 0.2) is 47.4 Å². The molecule has 0 saturated heterocycles. The molecule has 31 heavy (non-hydrogen) atoms. The van der Waals surface area contributed by atoms with E-state index >= 15 is 0 Å². The van der Waals surface area contributed by atoms with Crippen LogP contribution in [0.2, 0.25) is 0 Å². The largest absolute Gasteiger partial charge is 0.508 e. The number of carboxylic acid groups (broad SMARTS) is 1. The number of aliphatic carboxylic acids is 1. The summed E-state index contributed by atoms with van der Waals surface area (Å²) in [4.78, 5) is 40.5. The van der Waals surface area contributed by atoms with E-state index in [0.29, 0.717) is 10.9 Å². The summed E-state index contributed by atoms with van der Waals surface area (Å²) in [6.45, 7) is 8.94. The minimum Gasteiger partial charge on any atom is -0.508 e. The molecule has 0 aliphatic rings. The number of rotatable bonds is 4. The number of amides is 1. The number of hydrogen-bond donors (Lipinski definition) is 4. The van der Waals surface area contributed by atoms with E-state index in [1.165, 1.54) is 38.2 Å². The predicted octanol–water partition coefficient (Wildman–Crippen LogP) is 4.15. The fourth-order valence-corrected chi connectivity index (χ4v) is 3.51. The number of carbonyl (C=O) groups excluding carboxylic acids is 1. The van der Waals surface area contributed by atoms with Gasteiger partial charge in [-0.1, -0.05) is 39.0 Å². The average Bonchev–Trinajstić information content (AvgIpc) is 2.66. The molecule has 0 atom stereocenters. The second kappa shape index (κ2) is 7.58. The number of benzene rings is 2. The van der Waals surface area contributed by atoms with Crippen molar-refractivity contribution in [2.75, 3.05) is 5.32 Å². The summed E-state index contributed by atoms with van der Waals surface area (Å²) in [6.07, 6.45) is 1.37. The number of carbonyl (C=O) groups is 2. The molecule has 2 aromatic carbocycles. The highest BCUT2D eigenvalue weighted by Gasteiger charge is 2.32. The molecule has 4 N–H and O–H groups in total.